The fourth-order valence-corrected chi connectivity index (χ4v) is 10.5. The van der Waals surface area contributed by atoms with Crippen LogP contribution in [0.2, 0.25) is 0 Å². The maximum Gasteiger partial charge on any atom is 0.421 e. The maximum atomic E-state index is 16.1. The van der Waals surface area contributed by atoms with Crippen molar-refractivity contribution in [2.75, 3.05) is 60.9 Å². The van der Waals surface area contributed by atoms with Gasteiger partial charge in [0.15, 0.2) is 5.82 Å². The molecule has 4 atom stereocenters. The number of aliphatic hydroxyl groups is 1. The Kier molecular flexibility index (Phi) is 12.1. The molecule has 0 spiro atoms. The van der Waals surface area contributed by atoms with Gasteiger partial charge in [-0.2, -0.15) is 23.3 Å². The molecule has 4 aliphatic rings. The lowest BCUT2D eigenvalue weighted by atomic mass is 9.92. The summed E-state index contributed by atoms with van der Waals surface area (Å²) in [5, 5.41) is 20.3. The lowest BCUT2D eigenvalue weighted by molar-refractivity contribution is -0.138. The standard InChI is InChI=1S/C41H48F6N10O5S/c1-40(60)13-3-14-57(22-40)37-27(41(45,46)47)19-48-39(51-37)49-30-7-4-24(18-28(30)42)63(61,62)53-31-12-15-55(21-29(31)43)20-23-10-16-56(17-11-23)32-8-5-25-35(52-54(2)36(25)34(32)44)26-6-9-33(58)50-38(26)59/h4-5,7-8,18-19,23,26,29,31,53,60H,3,6,9-17,20-22H2,1-2H3,(H,48,49,51)(H,50,58,59)/t26?,29-,31+,40-/m0/s1. The number of carbonyl (C=O) groups is 2. The second-order valence-corrected chi connectivity index (χ2v) is 19.0. The highest BCUT2D eigenvalue weighted by Crippen LogP contribution is 2.39. The number of fused-ring (bicyclic) bond motifs is 1. The molecule has 2 amide bonds. The summed E-state index contributed by atoms with van der Waals surface area (Å²) in [5.41, 5.74) is -1.58. The van der Waals surface area contributed by atoms with Gasteiger partial charge in [-0.1, -0.05) is 0 Å². The number of benzene rings is 2. The molecule has 4 saturated heterocycles. The zero-order chi connectivity index (χ0) is 45.0. The van der Waals surface area contributed by atoms with E-state index in [-0.39, 0.29) is 61.5 Å². The van der Waals surface area contributed by atoms with Crippen molar-refractivity contribution in [3.05, 3.63) is 59.4 Å². The summed E-state index contributed by atoms with van der Waals surface area (Å²) in [5.74, 6) is -3.66. The van der Waals surface area contributed by atoms with Crippen LogP contribution >= 0.6 is 0 Å². The normalized spacial score (nSPS) is 24.6. The Labute approximate surface area is 359 Å². The van der Waals surface area contributed by atoms with E-state index in [1.165, 1.54) is 16.5 Å². The maximum absolute atomic E-state index is 16.1. The number of likely N-dealkylation sites (tertiary alicyclic amines) is 1. The Morgan fingerprint density at radius 3 is 2.46 bits per heavy atom. The molecule has 0 bridgehead atoms. The summed E-state index contributed by atoms with van der Waals surface area (Å²) < 4.78 is 119. The van der Waals surface area contributed by atoms with E-state index >= 15 is 13.2 Å². The summed E-state index contributed by atoms with van der Waals surface area (Å²) in [6, 6.07) is 5.23. The fraction of sp³-hybridized carbons (Fsp3) is 0.537. The SMILES string of the molecule is Cn1nc(C2CCC(=O)NC2=O)c2ccc(N3CCC(CN4CC[C@@H](NS(=O)(=O)c5ccc(Nc6ncc(C(F)(F)F)c(N7CCC[C@](C)(O)C7)n6)c(F)c5)[C@@H](F)C4)CC3)c(F)c21. The highest BCUT2D eigenvalue weighted by molar-refractivity contribution is 7.89. The van der Waals surface area contributed by atoms with Gasteiger partial charge in [-0.05, 0) is 88.2 Å². The number of hydrogen-bond donors (Lipinski definition) is 4. The molecule has 0 radical (unpaired) electrons. The fourth-order valence-electron chi connectivity index (χ4n) is 9.21. The molecule has 4 aliphatic heterocycles. The van der Waals surface area contributed by atoms with Crippen LogP contribution in [0.4, 0.5) is 49.5 Å². The number of nitrogens with zero attached hydrogens (tertiary/aromatic N) is 7. The van der Waals surface area contributed by atoms with E-state index in [2.05, 4.69) is 30.4 Å². The predicted octanol–water partition coefficient (Wildman–Crippen LogP) is 4.88. The molecule has 2 aromatic heterocycles. The highest BCUT2D eigenvalue weighted by atomic mass is 32.2. The first-order valence-electron chi connectivity index (χ1n) is 20.9. The number of nitrogens with one attached hydrogen (secondary N) is 3. The van der Waals surface area contributed by atoms with Gasteiger partial charge >= 0.3 is 6.18 Å². The second-order valence-electron chi connectivity index (χ2n) is 17.2. The third-order valence-electron chi connectivity index (χ3n) is 12.5. The average Bonchev–Trinajstić information content (AvgIpc) is 3.55. The quantitative estimate of drug-likeness (QED) is 0.126. The first kappa shape index (κ1) is 44.5. The number of hydrogen-bond acceptors (Lipinski definition) is 12. The Hall–Kier alpha value is -5.06. The molecule has 0 saturated carbocycles. The summed E-state index contributed by atoms with van der Waals surface area (Å²) >= 11 is 0. The van der Waals surface area contributed by atoms with Crippen molar-refractivity contribution in [2.45, 2.75) is 86.7 Å². The van der Waals surface area contributed by atoms with Gasteiger partial charge in [-0.15, -0.1) is 0 Å². The van der Waals surface area contributed by atoms with E-state index in [9.17, 15) is 36.3 Å². The van der Waals surface area contributed by atoms with Crippen molar-refractivity contribution < 1.29 is 49.5 Å². The van der Waals surface area contributed by atoms with Crippen molar-refractivity contribution in [1.29, 1.82) is 0 Å². The van der Waals surface area contributed by atoms with E-state index in [1.54, 1.807) is 19.2 Å². The first-order valence-corrected chi connectivity index (χ1v) is 22.4. The van der Waals surface area contributed by atoms with Crippen LogP contribution in [-0.4, -0.2) is 114 Å². The number of amides is 2. The van der Waals surface area contributed by atoms with Gasteiger partial charge in [0.05, 0.1) is 39.5 Å². The van der Waals surface area contributed by atoms with Crippen LogP contribution in [0, 0.1) is 17.6 Å². The molecule has 8 rings (SSSR count). The van der Waals surface area contributed by atoms with E-state index in [4.69, 9.17) is 0 Å². The van der Waals surface area contributed by atoms with Gasteiger partial charge in [0.1, 0.15) is 28.9 Å². The van der Waals surface area contributed by atoms with E-state index in [1.807, 2.05) is 9.80 Å². The van der Waals surface area contributed by atoms with Crippen LogP contribution in [-0.2, 0) is 32.8 Å². The van der Waals surface area contributed by atoms with E-state index < -0.39 is 73.8 Å². The number of aromatic nitrogens is 4. The molecular weight excluding hydrogens is 859 g/mol. The van der Waals surface area contributed by atoms with Gasteiger partial charge in [0.25, 0.3) is 0 Å². The lowest BCUT2D eigenvalue weighted by Crippen LogP contribution is -2.53. The van der Waals surface area contributed by atoms with Gasteiger partial charge in [0.2, 0.25) is 27.8 Å². The summed E-state index contributed by atoms with van der Waals surface area (Å²) in [6.45, 7) is 3.62. The second kappa shape index (κ2) is 17.1. The third-order valence-corrected chi connectivity index (χ3v) is 14.0. The summed E-state index contributed by atoms with van der Waals surface area (Å²) in [6.07, 6.45) is -2.97. The van der Waals surface area contributed by atoms with Gasteiger partial charge in [-0.25, -0.2) is 31.3 Å². The molecule has 1 unspecified atom stereocenters. The number of β-amino-alcohol motifs (C(OH)–C–C–N with tert-alkyl or cyclic N) is 1. The first-order chi connectivity index (χ1) is 29.8. The molecule has 4 fully saturated rings. The van der Waals surface area contributed by atoms with Crippen LogP contribution in [0.3, 0.4) is 0 Å². The number of alkyl halides is 4. The van der Waals surface area contributed by atoms with Gasteiger partial charge < -0.3 is 25.1 Å². The van der Waals surface area contributed by atoms with Crippen molar-refractivity contribution >= 4 is 55.9 Å². The number of anilines is 4. The molecule has 2 aromatic carbocycles. The highest BCUT2D eigenvalue weighted by Gasteiger charge is 2.40. The van der Waals surface area contributed by atoms with Crippen LogP contribution in [0.15, 0.2) is 41.4 Å². The summed E-state index contributed by atoms with van der Waals surface area (Å²) in [4.78, 5) is 36.6. The molecular formula is C41H48F6N10O5S. The number of carbonyl (C=O) groups excluding carboxylic acids is 2. The van der Waals surface area contributed by atoms with Gasteiger partial charge in [0, 0.05) is 64.3 Å². The zero-order valence-electron chi connectivity index (χ0n) is 34.6. The van der Waals surface area contributed by atoms with Crippen LogP contribution in [0.25, 0.3) is 10.9 Å². The van der Waals surface area contributed by atoms with Crippen molar-refractivity contribution in [3.8, 4) is 0 Å². The number of aryl methyl sites for hydroxylation is 1. The molecule has 340 valence electrons. The van der Waals surface area contributed by atoms with Crippen molar-refractivity contribution in [1.82, 2.24) is 34.7 Å². The molecule has 4 aromatic rings. The minimum atomic E-state index is -4.81. The Balaban J connectivity index is 0.847. The number of piperidine rings is 4. The lowest BCUT2D eigenvalue weighted by Gasteiger charge is -2.39. The smallest absolute Gasteiger partial charge is 0.388 e. The predicted molar refractivity (Wildman–Crippen MR) is 220 cm³/mol. The minimum absolute atomic E-state index is 0.0317. The molecule has 63 heavy (non-hydrogen) atoms. The largest absolute Gasteiger partial charge is 0.421 e. The number of sulfonamides is 1. The number of halogens is 6. The van der Waals surface area contributed by atoms with Crippen LogP contribution in [0.1, 0.15) is 69.0 Å². The summed E-state index contributed by atoms with van der Waals surface area (Å²) in [7, 11) is -2.78. The minimum Gasteiger partial charge on any atom is -0.388 e. The Morgan fingerprint density at radius 1 is 1.02 bits per heavy atom. The van der Waals surface area contributed by atoms with Crippen molar-refractivity contribution in [3.63, 3.8) is 0 Å². The van der Waals surface area contributed by atoms with E-state index in [0.29, 0.717) is 87.3 Å². The van der Waals surface area contributed by atoms with Crippen LogP contribution < -0.4 is 25.2 Å². The topological polar surface area (TPSA) is 178 Å². The van der Waals surface area contributed by atoms with Crippen LogP contribution in [0.5, 0.6) is 0 Å². The molecule has 6 heterocycles. The van der Waals surface area contributed by atoms with Gasteiger partial charge in [-0.3, -0.25) is 19.6 Å². The van der Waals surface area contributed by atoms with Crippen molar-refractivity contribution in [2.24, 2.45) is 13.0 Å². The Bertz CT molecular complexity index is 2520. The zero-order valence-corrected chi connectivity index (χ0v) is 35.4. The molecule has 0 aliphatic carbocycles. The Morgan fingerprint density at radius 2 is 1.78 bits per heavy atom. The number of rotatable bonds is 10. The third kappa shape index (κ3) is 9.44. The molecule has 4 N–H and O–H groups in total. The monoisotopic (exact) mass is 906 g/mol. The number of imide groups is 1. The van der Waals surface area contributed by atoms with E-state index in [0.717, 1.165) is 12.1 Å². The average molecular weight is 907 g/mol. The molecule has 22 heteroatoms. The molecule has 15 nitrogen and oxygen atoms in total.